The van der Waals surface area contributed by atoms with Crippen LogP contribution in [-0.2, 0) is 6.18 Å². The number of hydrogen-bond acceptors (Lipinski definition) is 8. The number of benzene rings is 1. The molecule has 0 aliphatic carbocycles. The number of nitrogens with two attached hydrogens (primary N) is 1. The Balaban J connectivity index is 1.55. The number of aromatic nitrogens is 2. The van der Waals surface area contributed by atoms with E-state index < -0.39 is 23.7 Å². The molecule has 2 aromatic heterocycles. The second kappa shape index (κ2) is 10.5. The summed E-state index contributed by atoms with van der Waals surface area (Å²) in [6.45, 7) is 0.784. The van der Waals surface area contributed by atoms with Gasteiger partial charge in [0.25, 0.3) is 5.91 Å². The number of alkyl halides is 3. The number of ether oxygens (including phenoxy) is 2. The smallest absolute Gasteiger partial charge is 0.416 e. The van der Waals surface area contributed by atoms with E-state index in [2.05, 4.69) is 9.97 Å². The fraction of sp³-hybridized carbons (Fsp3) is 0.320. The molecule has 1 aliphatic heterocycles. The van der Waals surface area contributed by atoms with Crippen LogP contribution in [0.15, 0.2) is 48.8 Å². The molecule has 1 aromatic carbocycles. The number of pyridine rings is 2. The first kappa shape index (κ1) is 26.0. The van der Waals surface area contributed by atoms with Crippen LogP contribution in [0.1, 0.15) is 16.1 Å². The van der Waals surface area contributed by atoms with Crippen LogP contribution in [0.5, 0.6) is 11.5 Å². The summed E-state index contributed by atoms with van der Waals surface area (Å²) in [7, 11) is 2.93. The minimum absolute atomic E-state index is 0.0890. The number of anilines is 2. The van der Waals surface area contributed by atoms with Crippen molar-refractivity contribution in [3.05, 3.63) is 60.0 Å². The van der Waals surface area contributed by atoms with Gasteiger partial charge in [-0.2, -0.15) is 13.2 Å². The van der Waals surface area contributed by atoms with Crippen molar-refractivity contribution in [2.24, 2.45) is 0 Å². The number of aliphatic hydroxyl groups is 1. The highest BCUT2D eigenvalue weighted by atomic mass is 19.4. The van der Waals surface area contributed by atoms with Gasteiger partial charge in [0.1, 0.15) is 23.0 Å². The van der Waals surface area contributed by atoms with Gasteiger partial charge in [0, 0.05) is 43.5 Å². The van der Waals surface area contributed by atoms with Crippen molar-refractivity contribution < 1.29 is 32.5 Å². The van der Waals surface area contributed by atoms with Gasteiger partial charge < -0.3 is 30.1 Å². The number of nitrogens with zero attached hydrogens (tertiary/aromatic N) is 4. The van der Waals surface area contributed by atoms with E-state index in [-0.39, 0.29) is 18.1 Å². The average molecular weight is 518 g/mol. The summed E-state index contributed by atoms with van der Waals surface area (Å²) < 4.78 is 49.5. The van der Waals surface area contributed by atoms with Crippen LogP contribution in [-0.4, -0.2) is 72.4 Å². The first-order chi connectivity index (χ1) is 17.7. The summed E-state index contributed by atoms with van der Waals surface area (Å²) in [5.41, 5.74) is 6.67. The Morgan fingerprint density at radius 1 is 1.08 bits per heavy atom. The third-order valence-electron chi connectivity index (χ3n) is 6.21. The van der Waals surface area contributed by atoms with E-state index in [9.17, 15) is 23.1 Å². The average Bonchev–Trinajstić information content (AvgIpc) is 2.91. The van der Waals surface area contributed by atoms with Gasteiger partial charge in [-0.1, -0.05) is 12.1 Å². The minimum Gasteiger partial charge on any atom is -0.496 e. The van der Waals surface area contributed by atoms with Crippen LogP contribution in [0.3, 0.4) is 0 Å². The third kappa shape index (κ3) is 5.38. The van der Waals surface area contributed by atoms with Gasteiger partial charge in [-0.25, -0.2) is 4.98 Å². The topological polar surface area (TPSA) is 114 Å². The molecule has 0 bridgehead atoms. The van der Waals surface area contributed by atoms with Gasteiger partial charge in [-0.05, 0) is 17.7 Å². The number of halogens is 3. The zero-order valence-corrected chi connectivity index (χ0v) is 20.2. The molecule has 196 valence electrons. The number of piperazine rings is 1. The lowest BCUT2D eigenvalue weighted by Gasteiger charge is -2.41. The molecule has 1 aliphatic rings. The number of methoxy groups -OCH3 is 2. The Bertz CT molecular complexity index is 1270. The zero-order valence-electron chi connectivity index (χ0n) is 20.2. The highest BCUT2D eigenvalue weighted by molar-refractivity contribution is 5.94. The molecule has 12 heteroatoms. The zero-order chi connectivity index (χ0) is 26.7. The van der Waals surface area contributed by atoms with Crippen LogP contribution in [0.2, 0.25) is 0 Å². The quantitative estimate of drug-likeness (QED) is 0.513. The number of carbonyl (C=O) groups excluding carboxylic acids is 1. The van der Waals surface area contributed by atoms with Crippen molar-refractivity contribution >= 4 is 17.4 Å². The van der Waals surface area contributed by atoms with Crippen molar-refractivity contribution in [2.45, 2.75) is 12.2 Å². The summed E-state index contributed by atoms with van der Waals surface area (Å²) in [4.78, 5) is 25.2. The molecule has 1 fully saturated rings. The molecule has 3 N–H and O–H groups in total. The standard InChI is InChI=1S/C25H26F3N5O4/c1-36-21-9-19(30-11-18(21)15-3-5-16(6-4-15)25(26,27)28)24(35)33-8-7-32(13-17(33)14-34)20-12-31-23(29)10-22(20)37-2/h3-6,9-12,17,34H,7-8,13-14H2,1-2H3,(H2,29,31). The second-order valence-electron chi connectivity index (χ2n) is 8.41. The van der Waals surface area contributed by atoms with E-state index in [0.717, 1.165) is 12.1 Å². The van der Waals surface area contributed by atoms with Gasteiger partial charge in [-0.15, -0.1) is 0 Å². The van der Waals surface area contributed by atoms with E-state index >= 15 is 0 Å². The number of rotatable bonds is 6. The minimum atomic E-state index is -4.44. The first-order valence-corrected chi connectivity index (χ1v) is 11.3. The summed E-state index contributed by atoms with van der Waals surface area (Å²) in [5.74, 6) is 0.732. The lowest BCUT2D eigenvalue weighted by atomic mass is 10.0. The Morgan fingerprint density at radius 3 is 2.41 bits per heavy atom. The van der Waals surface area contributed by atoms with Gasteiger partial charge in [0.15, 0.2) is 0 Å². The number of aliphatic hydroxyl groups excluding tert-OH is 1. The highest BCUT2D eigenvalue weighted by Crippen LogP contribution is 2.35. The Hall–Kier alpha value is -4.06. The molecule has 0 radical (unpaired) electrons. The van der Waals surface area contributed by atoms with Crippen LogP contribution in [0.25, 0.3) is 11.1 Å². The Morgan fingerprint density at radius 2 is 1.78 bits per heavy atom. The lowest BCUT2D eigenvalue weighted by molar-refractivity contribution is -0.137. The van der Waals surface area contributed by atoms with Crippen LogP contribution in [0, 0.1) is 0 Å². The summed E-state index contributed by atoms with van der Waals surface area (Å²) >= 11 is 0. The van der Waals surface area contributed by atoms with E-state index in [1.165, 1.54) is 43.5 Å². The molecule has 0 saturated carbocycles. The maximum Gasteiger partial charge on any atom is 0.416 e. The van der Waals surface area contributed by atoms with Gasteiger partial charge in [0.2, 0.25) is 0 Å². The molecular weight excluding hydrogens is 491 g/mol. The van der Waals surface area contributed by atoms with Gasteiger partial charge in [0.05, 0.1) is 44.3 Å². The van der Waals surface area contributed by atoms with Crippen LogP contribution in [0.4, 0.5) is 24.7 Å². The fourth-order valence-corrected chi connectivity index (χ4v) is 4.27. The molecule has 4 rings (SSSR count). The largest absolute Gasteiger partial charge is 0.496 e. The molecular formula is C25H26F3N5O4. The summed E-state index contributed by atoms with van der Waals surface area (Å²) in [6, 6.07) is 7.12. The summed E-state index contributed by atoms with van der Waals surface area (Å²) in [5, 5.41) is 10.1. The van der Waals surface area contributed by atoms with Crippen LogP contribution < -0.4 is 20.1 Å². The molecule has 9 nitrogen and oxygen atoms in total. The normalized spacial score (nSPS) is 16.0. The fourth-order valence-electron chi connectivity index (χ4n) is 4.27. The van der Waals surface area contributed by atoms with Gasteiger partial charge in [-0.3, -0.25) is 9.78 Å². The Labute approximate surface area is 211 Å². The predicted molar refractivity (Wildman–Crippen MR) is 131 cm³/mol. The maximum atomic E-state index is 13.4. The maximum absolute atomic E-state index is 13.4. The van der Waals surface area contributed by atoms with Crippen LogP contribution >= 0.6 is 0 Å². The van der Waals surface area contributed by atoms with E-state index in [4.69, 9.17) is 15.2 Å². The molecule has 1 atom stereocenters. The number of carbonyl (C=O) groups is 1. The van der Waals surface area contributed by atoms with Crippen molar-refractivity contribution in [2.75, 3.05) is 51.1 Å². The van der Waals surface area contributed by atoms with Crippen molar-refractivity contribution in [3.8, 4) is 22.6 Å². The van der Waals surface area contributed by atoms with Gasteiger partial charge >= 0.3 is 6.18 Å². The lowest BCUT2D eigenvalue weighted by Crippen LogP contribution is -2.57. The number of nitrogen functional groups attached to an aromatic ring is 1. The molecule has 1 saturated heterocycles. The first-order valence-electron chi connectivity index (χ1n) is 11.3. The molecule has 3 aromatic rings. The second-order valence-corrected chi connectivity index (χ2v) is 8.41. The van der Waals surface area contributed by atoms with Crippen molar-refractivity contribution in [1.29, 1.82) is 0 Å². The van der Waals surface area contributed by atoms with Crippen molar-refractivity contribution in [3.63, 3.8) is 0 Å². The Kier molecular flexibility index (Phi) is 7.39. The predicted octanol–water partition coefficient (Wildman–Crippen LogP) is 3.09. The monoisotopic (exact) mass is 517 g/mol. The molecule has 0 spiro atoms. The van der Waals surface area contributed by atoms with Crippen molar-refractivity contribution in [1.82, 2.24) is 14.9 Å². The summed E-state index contributed by atoms with van der Waals surface area (Å²) in [6.07, 6.45) is -1.46. The molecule has 1 unspecified atom stereocenters. The third-order valence-corrected chi connectivity index (χ3v) is 6.21. The highest BCUT2D eigenvalue weighted by Gasteiger charge is 2.33. The van der Waals surface area contributed by atoms with E-state index in [1.54, 1.807) is 12.3 Å². The SMILES string of the molecule is COc1cc(C(=O)N2CCN(c3cnc(N)cc3OC)CC2CO)ncc1-c1ccc(C(F)(F)F)cc1. The molecule has 37 heavy (non-hydrogen) atoms. The molecule has 1 amide bonds. The number of amides is 1. The number of hydrogen-bond donors (Lipinski definition) is 2. The van der Waals surface area contributed by atoms with E-state index in [1.807, 2.05) is 4.90 Å². The van der Waals surface area contributed by atoms with E-state index in [0.29, 0.717) is 48.0 Å². The molecule has 3 heterocycles.